The molecule has 0 unspecified atom stereocenters. The molecule has 0 bridgehead atoms. The lowest BCUT2D eigenvalue weighted by atomic mass is 10.1. The highest BCUT2D eigenvalue weighted by atomic mass is 32.9. The van der Waals surface area contributed by atoms with Gasteiger partial charge in [0.25, 0.3) is 5.56 Å². The van der Waals surface area contributed by atoms with Crippen LogP contribution in [-0.2, 0) is 7.05 Å². The van der Waals surface area contributed by atoms with E-state index in [1.165, 1.54) is 14.9 Å². The van der Waals surface area contributed by atoms with Gasteiger partial charge in [-0.2, -0.15) is 0 Å². The maximum absolute atomic E-state index is 11.8. The molecule has 2 aliphatic heterocycles. The number of rotatable bonds is 2. The molecular weight excluding hydrogens is 268 g/mol. The van der Waals surface area contributed by atoms with Crippen LogP contribution in [0.3, 0.4) is 0 Å². The van der Waals surface area contributed by atoms with Gasteiger partial charge in [0.1, 0.15) is 0 Å². The van der Waals surface area contributed by atoms with Gasteiger partial charge in [-0.05, 0) is 10.7 Å². The molecule has 1 aromatic carbocycles. The van der Waals surface area contributed by atoms with Crippen LogP contribution in [0.2, 0.25) is 0 Å². The molecule has 2 heterocycles. The first kappa shape index (κ1) is 11.3. The summed E-state index contributed by atoms with van der Waals surface area (Å²) in [5, 5.41) is 2.86. The van der Waals surface area contributed by atoms with Crippen molar-refractivity contribution in [3.05, 3.63) is 45.6 Å². The molecule has 0 aromatic heterocycles. The molecule has 0 saturated heterocycles. The van der Waals surface area contributed by atoms with Crippen molar-refractivity contribution in [1.82, 2.24) is 4.57 Å². The van der Waals surface area contributed by atoms with Gasteiger partial charge in [0.05, 0.1) is 15.4 Å². The maximum Gasteiger partial charge on any atom is 0.281 e. The van der Waals surface area contributed by atoms with Gasteiger partial charge >= 0.3 is 0 Å². The Balaban J connectivity index is 2.32. The summed E-state index contributed by atoms with van der Waals surface area (Å²) in [5.74, 6) is 0. The number of aromatic nitrogens is 1. The van der Waals surface area contributed by atoms with Crippen molar-refractivity contribution in [3.8, 4) is 21.0 Å². The van der Waals surface area contributed by atoms with E-state index in [-0.39, 0.29) is 11.2 Å². The molecule has 0 saturated carbocycles. The number of nitrogens with zero attached hydrogens (tertiary/aromatic N) is 2. The molecule has 4 nitrogen and oxygen atoms in total. The van der Waals surface area contributed by atoms with Crippen molar-refractivity contribution in [2.45, 2.75) is 0 Å². The van der Waals surface area contributed by atoms with Gasteiger partial charge in [-0.1, -0.05) is 51.0 Å². The third kappa shape index (κ3) is 1.46. The molecule has 0 atom stereocenters. The second kappa shape index (κ2) is 4.15. The van der Waals surface area contributed by atoms with Crippen LogP contribution in [-0.4, -0.2) is 4.57 Å². The summed E-state index contributed by atoms with van der Waals surface area (Å²) >= 11 is 0. The lowest BCUT2D eigenvalue weighted by molar-refractivity contribution is 0.901. The monoisotopic (exact) mass is 276 g/mol. The fourth-order valence-electron chi connectivity index (χ4n) is 1.93. The van der Waals surface area contributed by atoms with Crippen LogP contribution >= 0.6 is 20.7 Å². The van der Waals surface area contributed by atoms with E-state index >= 15 is 0 Å². The van der Waals surface area contributed by atoms with Crippen LogP contribution in [0.5, 0.6) is 0 Å². The molecule has 90 valence electrons. The summed E-state index contributed by atoms with van der Waals surface area (Å²) in [6, 6.07) is 9.82. The van der Waals surface area contributed by atoms with E-state index in [1.54, 1.807) is 17.4 Å². The molecule has 6 heteroatoms. The molecule has 1 aromatic rings. The summed E-state index contributed by atoms with van der Waals surface area (Å²) in [6.45, 7) is 0. The quantitative estimate of drug-likeness (QED) is 0.529. The van der Waals surface area contributed by atoms with E-state index < -0.39 is 0 Å². The Hall–Kier alpha value is -1.79. The van der Waals surface area contributed by atoms with Crippen molar-refractivity contribution in [2.75, 3.05) is 0 Å². The van der Waals surface area contributed by atoms with Gasteiger partial charge in [0.15, 0.2) is 5.69 Å². The Morgan fingerprint density at radius 1 is 1.11 bits per heavy atom. The lowest BCUT2D eigenvalue weighted by Gasteiger charge is -2.01. The van der Waals surface area contributed by atoms with E-state index in [1.807, 2.05) is 30.3 Å². The van der Waals surface area contributed by atoms with Gasteiger partial charge in [-0.3, -0.25) is 4.79 Å². The molecular formula is C12H8N2O2S2. The molecule has 3 rings (SSSR count). The fraction of sp³-hybridized carbons (Fsp3) is 0.0833. The Bertz CT molecular complexity index is 740. The number of hydrogen-bond acceptors (Lipinski definition) is 5. The predicted octanol–water partition coefficient (Wildman–Crippen LogP) is 3.68. The lowest BCUT2D eigenvalue weighted by Crippen LogP contribution is -2.09. The average Bonchev–Trinajstić information content (AvgIpc) is 2.92. The Labute approximate surface area is 110 Å². The maximum atomic E-state index is 11.8. The minimum atomic E-state index is -0.323. The first-order valence-electron chi connectivity index (χ1n) is 5.24. The Morgan fingerprint density at radius 2 is 1.78 bits per heavy atom. The molecule has 0 spiro atoms. The van der Waals surface area contributed by atoms with Crippen LogP contribution in [0.1, 0.15) is 0 Å². The van der Waals surface area contributed by atoms with E-state index in [4.69, 9.17) is 0 Å². The summed E-state index contributed by atoms with van der Waals surface area (Å²) < 4.78 is 1.50. The largest absolute Gasteiger partial charge is 0.307 e. The van der Waals surface area contributed by atoms with Gasteiger partial charge in [0.2, 0.25) is 0 Å². The number of hydrogen-bond donors (Lipinski definition) is 0. The summed E-state index contributed by atoms with van der Waals surface area (Å²) in [4.78, 5) is 24.3. The van der Waals surface area contributed by atoms with Crippen molar-refractivity contribution in [3.63, 3.8) is 0 Å². The van der Waals surface area contributed by atoms with Crippen LogP contribution in [0.25, 0.3) is 21.0 Å². The van der Waals surface area contributed by atoms with Gasteiger partial charge in [-0.15, -0.1) is 4.91 Å². The van der Waals surface area contributed by atoms with Crippen molar-refractivity contribution < 1.29 is 0 Å². The van der Waals surface area contributed by atoms with Crippen LogP contribution < -0.4 is 5.56 Å². The molecule has 18 heavy (non-hydrogen) atoms. The standard InChI is InChI=1S/C12H8N2O2S2/c1-14-9-10(7-5-3-2-4-6-7)17-18-11(9)8(13-16)12(14)15/h2-6H,1H3. The SMILES string of the molecule is Cn1c2c(-c3ccccc3)ssc-2c(N=O)c1=O. The zero-order valence-corrected chi connectivity index (χ0v) is 11.0. The number of benzene rings is 1. The minimum absolute atomic E-state index is 0.0240. The zero-order valence-electron chi connectivity index (χ0n) is 9.41. The highest BCUT2D eigenvalue weighted by Crippen LogP contribution is 2.47. The molecule has 0 fully saturated rings. The minimum Gasteiger partial charge on any atom is -0.307 e. The smallest absolute Gasteiger partial charge is 0.281 e. The number of fused-ring (bicyclic) bond motifs is 1. The van der Waals surface area contributed by atoms with Gasteiger partial charge < -0.3 is 4.57 Å². The normalized spacial score (nSPS) is 10.9. The first-order valence-corrected chi connectivity index (χ1v) is 7.39. The van der Waals surface area contributed by atoms with E-state index in [0.29, 0.717) is 4.88 Å². The third-order valence-electron chi connectivity index (χ3n) is 2.82. The Kier molecular flexibility index (Phi) is 2.61. The predicted molar refractivity (Wildman–Crippen MR) is 75.0 cm³/mol. The molecule has 0 radical (unpaired) electrons. The van der Waals surface area contributed by atoms with Gasteiger partial charge in [-0.25, -0.2) is 0 Å². The fourth-order valence-corrected chi connectivity index (χ4v) is 4.74. The highest BCUT2D eigenvalue weighted by molar-refractivity contribution is 7.72. The van der Waals surface area contributed by atoms with E-state index in [0.717, 1.165) is 16.1 Å². The second-order valence-corrected chi connectivity index (χ2v) is 5.99. The van der Waals surface area contributed by atoms with E-state index in [2.05, 4.69) is 5.18 Å². The number of nitroso groups, excluding NO2 is 1. The third-order valence-corrected chi connectivity index (χ3v) is 5.31. The Morgan fingerprint density at radius 3 is 2.44 bits per heavy atom. The molecule has 2 aliphatic rings. The topological polar surface area (TPSA) is 51.4 Å². The van der Waals surface area contributed by atoms with E-state index in [9.17, 15) is 9.70 Å². The molecule has 0 amide bonds. The molecule has 0 aliphatic carbocycles. The van der Waals surface area contributed by atoms with Crippen LogP contribution in [0, 0.1) is 4.91 Å². The van der Waals surface area contributed by atoms with Crippen LogP contribution in [0.4, 0.5) is 5.69 Å². The summed E-state index contributed by atoms with van der Waals surface area (Å²) in [5.41, 5.74) is 1.55. The van der Waals surface area contributed by atoms with Crippen molar-refractivity contribution in [2.24, 2.45) is 12.2 Å². The highest BCUT2D eigenvalue weighted by Gasteiger charge is 2.26. The first-order chi connectivity index (χ1) is 8.74. The molecule has 0 N–H and O–H groups in total. The average molecular weight is 276 g/mol. The van der Waals surface area contributed by atoms with Crippen molar-refractivity contribution >= 4 is 26.4 Å². The van der Waals surface area contributed by atoms with Crippen LogP contribution in [0.15, 0.2) is 40.3 Å². The summed E-state index contributed by atoms with van der Waals surface area (Å²) in [7, 11) is 4.65. The van der Waals surface area contributed by atoms with Crippen molar-refractivity contribution in [1.29, 1.82) is 0 Å². The second-order valence-electron chi connectivity index (χ2n) is 3.84. The van der Waals surface area contributed by atoms with Gasteiger partial charge in [0, 0.05) is 7.05 Å². The zero-order chi connectivity index (χ0) is 12.7. The summed E-state index contributed by atoms with van der Waals surface area (Å²) in [6.07, 6.45) is 0.